The molecule has 1 N–H and O–H groups in total. The fourth-order valence-electron chi connectivity index (χ4n) is 1.71. The van der Waals surface area contributed by atoms with Gasteiger partial charge < -0.3 is 5.32 Å². The second kappa shape index (κ2) is 5.56. The van der Waals surface area contributed by atoms with Gasteiger partial charge in [-0.3, -0.25) is 9.36 Å². The van der Waals surface area contributed by atoms with Gasteiger partial charge in [0, 0.05) is 24.0 Å². The third-order valence-corrected chi connectivity index (χ3v) is 4.12. The Morgan fingerprint density at radius 2 is 2.30 bits per heavy atom. The molecule has 0 aliphatic carbocycles. The molecule has 100 valence electrons. The first kappa shape index (κ1) is 13.0. The third-order valence-electron chi connectivity index (χ3n) is 2.61. The Morgan fingerprint density at radius 1 is 1.40 bits per heavy atom. The fourth-order valence-corrected chi connectivity index (χ4v) is 2.84. The van der Waals surface area contributed by atoms with Crippen LogP contribution in [0.2, 0.25) is 0 Å². The number of pyridine rings is 1. The van der Waals surface area contributed by atoms with E-state index in [2.05, 4.69) is 31.2 Å². The number of imidazole rings is 1. The topological polar surface area (TPSA) is 59.8 Å². The van der Waals surface area contributed by atoms with Crippen molar-refractivity contribution < 1.29 is 4.79 Å². The average Bonchev–Trinajstić information content (AvgIpc) is 3.10. The minimum atomic E-state index is -0.165. The van der Waals surface area contributed by atoms with Crippen LogP contribution in [0.4, 0.5) is 5.69 Å². The van der Waals surface area contributed by atoms with Crippen LogP contribution in [-0.2, 0) is 0 Å². The molecule has 20 heavy (non-hydrogen) atoms. The van der Waals surface area contributed by atoms with Crippen LogP contribution < -0.4 is 5.32 Å². The number of aromatic nitrogens is 3. The summed E-state index contributed by atoms with van der Waals surface area (Å²) < 4.78 is 2.67. The van der Waals surface area contributed by atoms with Gasteiger partial charge >= 0.3 is 0 Å². The minimum absolute atomic E-state index is 0.165. The van der Waals surface area contributed by atoms with E-state index in [0.29, 0.717) is 17.1 Å². The molecular formula is C13H9BrN4OS. The van der Waals surface area contributed by atoms with Crippen LogP contribution in [0, 0.1) is 0 Å². The van der Waals surface area contributed by atoms with Gasteiger partial charge in [0.15, 0.2) is 5.82 Å². The molecule has 0 aliphatic heterocycles. The normalized spacial score (nSPS) is 10.4. The predicted molar refractivity (Wildman–Crippen MR) is 81.3 cm³/mol. The Bertz CT molecular complexity index is 738. The van der Waals surface area contributed by atoms with Crippen molar-refractivity contribution in [3.63, 3.8) is 0 Å². The number of amides is 1. The molecule has 3 heterocycles. The van der Waals surface area contributed by atoms with Gasteiger partial charge in [-0.15, -0.1) is 11.3 Å². The number of hydrogen-bond acceptors (Lipinski definition) is 4. The van der Waals surface area contributed by atoms with Crippen molar-refractivity contribution in [1.82, 2.24) is 14.5 Å². The van der Waals surface area contributed by atoms with Crippen molar-refractivity contribution in [2.24, 2.45) is 0 Å². The molecule has 0 spiro atoms. The van der Waals surface area contributed by atoms with E-state index in [-0.39, 0.29) is 5.91 Å². The second-order valence-electron chi connectivity index (χ2n) is 3.94. The lowest BCUT2D eigenvalue weighted by molar-refractivity contribution is 0.102. The summed E-state index contributed by atoms with van der Waals surface area (Å²) in [5, 5.41) is 4.66. The number of hydrogen-bond donors (Lipinski definition) is 1. The summed E-state index contributed by atoms with van der Waals surface area (Å²) >= 11 is 4.82. The van der Waals surface area contributed by atoms with Crippen molar-refractivity contribution in [3.05, 3.63) is 57.8 Å². The van der Waals surface area contributed by atoms with Crippen LogP contribution in [0.15, 0.2) is 52.3 Å². The zero-order valence-corrected chi connectivity index (χ0v) is 12.6. The molecule has 0 atom stereocenters. The standard InChI is InChI=1S/C13H9BrN4OS/c14-11-6-9(7-20-11)13(19)17-10-2-1-3-16-12(10)18-5-4-15-8-18/h1-8H,(H,17,19). The summed E-state index contributed by atoms with van der Waals surface area (Å²) in [5.41, 5.74) is 1.25. The highest BCUT2D eigenvalue weighted by molar-refractivity contribution is 9.11. The quantitative estimate of drug-likeness (QED) is 0.789. The maximum absolute atomic E-state index is 12.2. The van der Waals surface area contributed by atoms with E-state index >= 15 is 0 Å². The van der Waals surface area contributed by atoms with Gasteiger partial charge in [0.2, 0.25) is 0 Å². The van der Waals surface area contributed by atoms with Crippen molar-refractivity contribution in [2.75, 3.05) is 5.32 Å². The highest BCUT2D eigenvalue weighted by atomic mass is 79.9. The van der Waals surface area contributed by atoms with E-state index in [9.17, 15) is 4.79 Å². The summed E-state index contributed by atoms with van der Waals surface area (Å²) in [4.78, 5) is 20.4. The minimum Gasteiger partial charge on any atom is -0.319 e. The number of thiophene rings is 1. The summed E-state index contributed by atoms with van der Waals surface area (Å²) in [6.07, 6.45) is 6.75. The van der Waals surface area contributed by atoms with Gasteiger partial charge in [0.25, 0.3) is 5.91 Å². The lowest BCUT2D eigenvalue weighted by Gasteiger charge is -2.09. The van der Waals surface area contributed by atoms with Gasteiger partial charge in [0.05, 0.1) is 15.0 Å². The molecule has 0 radical (unpaired) electrons. The maximum Gasteiger partial charge on any atom is 0.256 e. The van der Waals surface area contributed by atoms with Crippen molar-refractivity contribution in [1.29, 1.82) is 0 Å². The fraction of sp³-hybridized carbons (Fsp3) is 0. The van der Waals surface area contributed by atoms with Gasteiger partial charge in [-0.2, -0.15) is 0 Å². The molecule has 7 heteroatoms. The highest BCUT2D eigenvalue weighted by Crippen LogP contribution is 2.23. The smallest absolute Gasteiger partial charge is 0.256 e. The lowest BCUT2D eigenvalue weighted by Crippen LogP contribution is -2.13. The Balaban J connectivity index is 1.90. The van der Waals surface area contributed by atoms with Crippen molar-refractivity contribution in [2.45, 2.75) is 0 Å². The van der Waals surface area contributed by atoms with Crippen molar-refractivity contribution in [3.8, 4) is 5.82 Å². The summed E-state index contributed by atoms with van der Waals surface area (Å²) in [6, 6.07) is 5.37. The first-order chi connectivity index (χ1) is 9.74. The monoisotopic (exact) mass is 348 g/mol. The van der Waals surface area contributed by atoms with E-state index in [1.165, 1.54) is 11.3 Å². The predicted octanol–water partition coefficient (Wildman–Crippen LogP) is 3.34. The van der Waals surface area contributed by atoms with E-state index < -0.39 is 0 Å². The molecule has 0 bridgehead atoms. The molecule has 3 aromatic heterocycles. The number of nitrogens with one attached hydrogen (secondary N) is 1. The van der Waals surface area contributed by atoms with Gasteiger partial charge in [-0.05, 0) is 34.1 Å². The first-order valence-electron chi connectivity index (χ1n) is 5.73. The van der Waals surface area contributed by atoms with Crippen LogP contribution in [-0.4, -0.2) is 20.4 Å². The maximum atomic E-state index is 12.2. The van der Waals surface area contributed by atoms with Crippen LogP contribution in [0.5, 0.6) is 0 Å². The first-order valence-corrected chi connectivity index (χ1v) is 7.40. The number of anilines is 1. The van der Waals surface area contributed by atoms with E-state index in [0.717, 1.165) is 3.79 Å². The largest absolute Gasteiger partial charge is 0.319 e. The molecule has 0 fully saturated rings. The number of carbonyl (C=O) groups is 1. The Morgan fingerprint density at radius 3 is 3.00 bits per heavy atom. The third kappa shape index (κ3) is 2.63. The highest BCUT2D eigenvalue weighted by Gasteiger charge is 2.12. The molecule has 3 aromatic rings. The molecule has 1 amide bonds. The zero-order chi connectivity index (χ0) is 13.9. The van der Waals surface area contributed by atoms with Crippen LogP contribution in [0.1, 0.15) is 10.4 Å². The summed E-state index contributed by atoms with van der Waals surface area (Å²) in [5.74, 6) is 0.467. The number of rotatable bonds is 3. The Kier molecular flexibility index (Phi) is 3.62. The molecule has 5 nitrogen and oxygen atoms in total. The number of halogens is 1. The van der Waals surface area contributed by atoms with E-state index in [1.54, 1.807) is 47.0 Å². The van der Waals surface area contributed by atoms with Gasteiger partial charge in [-0.1, -0.05) is 0 Å². The van der Waals surface area contributed by atoms with Crippen LogP contribution in [0.25, 0.3) is 5.82 Å². The molecular weight excluding hydrogens is 340 g/mol. The molecule has 0 aliphatic rings. The summed E-state index contributed by atoms with van der Waals surface area (Å²) in [7, 11) is 0. The number of nitrogens with zero attached hydrogens (tertiary/aromatic N) is 3. The number of carbonyl (C=O) groups excluding carboxylic acids is 1. The van der Waals surface area contributed by atoms with Gasteiger partial charge in [0.1, 0.15) is 6.33 Å². The second-order valence-corrected chi connectivity index (χ2v) is 6.23. The average molecular weight is 349 g/mol. The van der Waals surface area contributed by atoms with Crippen molar-refractivity contribution >= 4 is 38.9 Å². The lowest BCUT2D eigenvalue weighted by atomic mass is 10.3. The Hall–Kier alpha value is -1.99. The SMILES string of the molecule is O=C(Nc1cccnc1-n1ccnc1)c1csc(Br)c1. The van der Waals surface area contributed by atoms with E-state index in [1.807, 2.05) is 6.07 Å². The molecule has 0 saturated heterocycles. The van der Waals surface area contributed by atoms with E-state index in [4.69, 9.17) is 0 Å². The molecule has 0 aromatic carbocycles. The van der Waals surface area contributed by atoms with Gasteiger partial charge in [-0.25, -0.2) is 9.97 Å². The Labute approximate surface area is 127 Å². The van der Waals surface area contributed by atoms with Crippen LogP contribution in [0.3, 0.4) is 0 Å². The summed E-state index contributed by atoms with van der Waals surface area (Å²) in [6.45, 7) is 0. The molecule has 0 saturated carbocycles. The zero-order valence-electron chi connectivity index (χ0n) is 10.2. The molecule has 3 rings (SSSR count). The molecule has 0 unspecified atom stereocenters. The van der Waals surface area contributed by atoms with Crippen LogP contribution >= 0.6 is 27.3 Å².